The number of fused-ring (bicyclic) bond motifs is 6. The van der Waals surface area contributed by atoms with Crippen molar-refractivity contribution in [3.8, 4) is 39.7 Å². The predicted octanol–water partition coefficient (Wildman–Crippen LogP) is 11.6. The van der Waals surface area contributed by atoms with Crippen molar-refractivity contribution in [3.63, 3.8) is 0 Å². The highest BCUT2D eigenvalue weighted by Crippen LogP contribution is 2.41. The van der Waals surface area contributed by atoms with E-state index in [1.807, 2.05) is 48.5 Å². The quantitative estimate of drug-likeness (QED) is 0.183. The molecule has 9 rings (SSSR count). The first-order valence-electron chi connectivity index (χ1n) is 15.9. The second kappa shape index (κ2) is 10.9. The minimum absolute atomic E-state index is 0.587. The summed E-state index contributed by atoms with van der Waals surface area (Å²) in [5.74, 6) is 0. The fourth-order valence-electron chi connectivity index (χ4n) is 7.29. The molecule has 222 valence electrons. The highest BCUT2D eigenvalue weighted by Gasteiger charge is 2.19. The summed E-state index contributed by atoms with van der Waals surface area (Å²) in [6, 6.07) is 56.8. The van der Waals surface area contributed by atoms with E-state index in [4.69, 9.17) is 6.57 Å². The number of benzene rings is 7. The minimum atomic E-state index is 0.587. The number of hydrogen-bond acceptors (Lipinski definition) is 1. The highest BCUT2D eigenvalue weighted by molar-refractivity contribution is 6.11. The fourth-order valence-corrected chi connectivity index (χ4v) is 7.29. The lowest BCUT2D eigenvalue weighted by molar-refractivity contribution is 1.18. The van der Waals surface area contributed by atoms with E-state index in [2.05, 4.69) is 129 Å². The van der Waals surface area contributed by atoms with Crippen LogP contribution in [0.2, 0.25) is 0 Å². The third kappa shape index (κ3) is 4.14. The van der Waals surface area contributed by atoms with E-state index < -0.39 is 0 Å². The number of nitriles is 1. The average Bonchev–Trinajstić information content (AvgIpc) is 3.67. The number of aromatic nitrogens is 2. The lowest BCUT2D eigenvalue weighted by atomic mass is 9.92. The van der Waals surface area contributed by atoms with Gasteiger partial charge in [-0.3, -0.25) is 0 Å². The molecule has 2 heterocycles. The summed E-state index contributed by atoms with van der Waals surface area (Å²) >= 11 is 0. The summed E-state index contributed by atoms with van der Waals surface area (Å²) in [6.45, 7) is 7.72. The molecule has 0 atom stereocenters. The van der Waals surface area contributed by atoms with E-state index in [0.717, 1.165) is 55.4 Å². The Hall–Kier alpha value is -6.88. The van der Waals surface area contributed by atoms with Crippen LogP contribution < -0.4 is 0 Å². The van der Waals surface area contributed by atoms with Gasteiger partial charge < -0.3 is 9.13 Å². The molecule has 4 heteroatoms. The van der Waals surface area contributed by atoms with Crippen molar-refractivity contribution in [1.82, 2.24) is 9.13 Å². The summed E-state index contributed by atoms with van der Waals surface area (Å²) in [6.07, 6.45) is 0. The van der Waals surface area contributed by atoms with Crippen molar-refractivity contribution in [2.24, 2.45) is 0 Å². The largest absolute Gasteiger partial charge is 0.310 e. The van der Waals surface area contributed by atoms with Crippen molar-refractivity contribution < 1.29 is 0 Å². The summed E-state index contributed by atoms with van der Waals surface area (Å²) in [7, 11) is 0. The van der Waals surface area contributed by atoms with Crippen LogP contribution >= 0.6 is 0 Å². The molecule has 0 aliphatic heterocycles. The van der Waals surface area contributed by atoms with Gasteiger partial charge in [-0.1, -0.05) is 103 Å². The number of nitrogens with zero attached hydrogens (tertiary/aromatic N) is 4. The SMILES string of the molecule is [C-]#[N+]c1ccc2c3ccccc3n(-c3ccc(C#N)cc3-c3ccccc3-c3cccc(-n4c5ccccc5c5ccccc54)c3)c2c1. The van der Waals surface area contributed by atoms with Crippen LogP contribution in [0.25, 0.3) is 82.1 Å². The molecule has 0 amide bonds. The lowest BCUT2D eigenvalue weighted by Crippen LogP contribution is -1.99. The Morgan fingerprint density at radius 3 is 1.75 bits per heavy atom. The van der Waals surface area contributed by atoms with E-state index in [0.29, 0.717) is 11.3 Å². The van der Waals surface area contributed by atoms with Gasteiger partial charge in [-0.25, -0.2) is 4.85 Å². The van der Waals surface area contributed by atoms with Crippen molar-refractivity contribution in [2.45, 2.75) is 0 Å². The molecule has 0 unspecified atom stereocenters. The Morgan fingerprint density at radius 2 is 1.08 bits per heavy atom. The predicted molar refractivity (Wildman–Crippen MR) is 197 cm³/mol. The molecule has 0 aliphatic carbocycles. The standard InChI is InChI=1S/C44H26N4/c1-46-31-22-23-38-37-17-6-9-20-42(37)48(44(38)27-31)43-24-21-29(28-45)25-39(43)34-14-3-2-13-33(34)30-11-10-12-32(26-30)47-40-18-7-4-15-35(40)36-16-5-8-19-41(36)47/h2-27H. The zero-order chi connectivity index (χ0) is 32.2. The van der Waals surface area contributed by atoms with Gasteiger partial charge in [0.25, 0.3) is 0 Å². The van der Waals surface area contributed by atoms with E-state index in [-0.39, 0.29) is 0 Å². The first-order valence-corrected chi connectivity index (χ1v) is 15.9. The maximum Gasteiger partial charge on any atom is 0.189 e. The summed E-state index contributed by atoms with van der Waals surface area (Å²) < 4.78 is 4.58. The smallest absolute Gasteiger partial charge is 0.189 e. The normalized spacial score (nSPS) is 11.3. The van der Waals surface area contributed by atoms with Crippen LogP contribution in [0.1, 0.15) is 5.56 Å². The molecule has 48 heavy (non-hydrogen) atoms. The summed E-state index contributed by atoms with van der Waals surface area (Å²) in [4.78, 5) is 3.75. The first kappa shape index (κ1) is 27.4. The van der Waals surface area contributed by atoms with Gasteiger partial charge in [0.05, 0.1) is 40.4 Å². The van der Waals surface area contributed by atoms with E-state index in [1.54, 1.807) is 0 Å². The topological polar surface area (TPSA) is 38.0 Å². The van der Waals surface area contributed by atoms with Crippen LogP contribution in [0.4, 0.5) is 5.69 Å². The molecule has 0 radical (unpaired) electrons. The van der Waals surface area contributed by atoms with Gasteiger partial charge in [0.15, 0.2) is 5.69 Å². The van der Waals surface area contributed by atoms with Gasteiger partial charge in [0, 0.05) is 38.3 Å². The molecule has 7 aromatic carbocycles. The molecule has 0 saturated carbocycles. The molecule has 0 spiro atoms. The number of para-hydroxylation sites is 3. The third-order valence-corrected chi connectivity index (χ3v) is 9.37. The van der Waals surface area contributed by atoms with Crippen LogP contribution in [-0.4, -0.2) is 9.13 Å². The van der Waals surface area contributed by atoms with Gasteiger partial charge in [-0.05, 0) is 71.3 Å². The average molecular weight is 611 g/mol. The summed E-state index contributed by atoms with van der Waals surface area (Å²) in [5, 5.41) is 14.7. The van der Waals surface area contributed by atoms with E-state index >= 15 is 0 Å². The maximum atomic E-state index is 10.1. The molecular weight excluding hydrogens is 585 g/mol. The van der Waals surface area contributed by atoms with Crippen LogP contribution in [0.3, 0.4) is 0 Å². The van der Waals surface area contributed by atoms with Gasteiger partial charge in [0.2, 0.25) is 0 Å². The molecule has 0 N–H and O–H groups in total. The Bertz CT molecular complexity index is 2760. The molecule has 9 aromatic rings. The molecule has 0 saturated heterocycles. The third-order valence-electron chi connectivity index (χ3n) is 9.37. The van der Waals surface area contributed by atoms with Crippen LogP contribution in [0, 0.1) is 17.9 Å². The zero-order valence-electron chi connectivity index (χ0n) is 25.8. The Morgan fingerprint density at radius 1 is 0.479 bits per heavy atom. The second-order valence-electron chi connectivity index (χ2n) is 12.0. The van der Waals surface area contributed by atoms with Crippen molar-refractivity contribution in [3.05, 3.63) is 175 Å². The first-order chi connectivity index (χ1) is 23.7. The van der Waals surface area contributed by atoms with Crippen LogP contribution in [0.15, 0.2) is 158 Å². The molecule has 2 aromatic heterocycles. The zero-order valence-corrected chi connectivity index (χ0v) is 25.8. The Balaban J connectivity index is 1.29. The second-order valence-corrected chi connectivity index (χ2v) is 12.0. The van der Waals surface area contributed by atoms with Gasteiger partial charge in [0.1, 0.15) is 0 Å². The fraction of sp³-hybridized carbons (Fsp3) is 0. The molecular formula is C44H26N4. The van der Waals surface area contributed by atoms with E-state index in [1.165, 1.54) is 21.8 Å². The maximum absolute atomic E-state index is 10.1. The molecule has 0 bridgehead atoms. The van der Waals surface area contributed by atoms with E-state index in [9.17, 15) is 5.26 Å². The molecule has 0 fully saturated rings. The number of hydrogen-bond donors (Lipinski definition) is 0. The van der Waals surface area contributed by atoms with Gasteiger partial charge in [-0.15, -0.1) is 0 Å². The monoisotopic (exact) mass is 610 g/mol. The summed E-state index contributed by atoms with van der Waals surface area (Å²) in [5.41, 5.74) is 11.7. The van der Waals surface area contributed by atoms with Crippen LogP contribution in [-0.2, 0) is 0 Å². The van der Waals surface area contributed by atoms with Crippen molar-refractivity contribution in [1.29, 1.82) is 5.26 Å². The highest BCUT2D eigenvalue weighted by atomic mass is 15.0. The van der Waals surface area contributed by atoms with Gasteiger partial charge in [-0.2, -0.15) is 5.26 Å². The lowest BCUT2D eigenvalue weighted by Gasteiger charge is -2.18. The van der Waals surface area contributed by atoms with Crippen molar-refractivity contribution >= 4 is 49.3 Å². The van der Waals surface area contributed by atoms with Crippen molar-refractivity contribution in [2.75, 3.05) is 0 Å². The van der Waals surface area contributed by atoms with Gasteiger partial charge >= 0.3 is 0 Å². The van der Waals surface area contributed by atoms with Crippen LogP contribution in [0.5, 0.6) is 0 Å². The molecule has 4 nitrogen and oxygen atoms in total. The Labute approximate surface area is 277 Å². The molecule has 0 aliphatic rings. The minimum Gasteiger partial charge on any atom is -0.310 e. The Kier molecular flexibility index (Phi) is 6.22. The number of rotatable bonds is 4.